The lowest BCUT2D eigenvalue weighted by atomic mass is 10.0. The lowest BCUT2D eigenvalue weighted by Gasteiger charge is -2.31. The molecule has 8 nitrogen and oxygen atoms in total. The fourth-order valence-electron chi connectivity index (χ4n) is 3.00. The van der Waals surface area contributed by atoms with Crippen molar-refractivity contribution in [3.05, 3.63) is 22.7 Å². The number of aromatic nitrogens is 2. The van der Waals surface area contributed by atoms with Gasteiger partial charge in [-0.2, -0.15) is 13.2 Å². The van der Waals surface area contributed by atoms with E-state index in [4.69, 9.17) is 4.74 Å². The zero-order chi connectivity index (χ0) is 22.6. The lowest BCUT2D eigenvalue weighted by Crippen LogP contribution is -2.28. The average Bonchev–Trinajstić information content (AvgIpc) is 3.18. The molecule has 0 unspecified atom stereocenters. The first kappa shape index (κ1) is 23.3. The van der Waals surface area contributed by atoms with Gasteiger partial charge in [0.25, 0.3) is 5.13 Å². The molecule has 0 fully saturated rings. The molecule has 31 heavy (non-hydrogen) atoms. The number of hydrogen-bond donors (Lipinski definition) is 1. The molecule has 1 aromatic heterocycles. The zero-order valence-electron chi connectivity index (χ0n) is 17.1. The van der Waals surface area contributed by atoms with Crippen molar-refractivity contribution in [2.45, 2.75) is 45.2 Å². The van der Waals surface area contributed by atoms with Crippen molar-refractivity contribution < 1.29 is 22.7 Å². The highest BCUT2D eigenvalue weighted by Gasteiger charge is 2.30. The van der Waals surface area contributed by atoms with Crippen LogP contribution in [0, 0.1) is 0 Å². The predicted molar refractivity (Wildman–Crippen MR) is 115 cm³/mol. The Balaban J connectivity index is 1.88. The summed E-state index contributed by atoms with van der Waals surface area (Å²) in [5.74, 6) is -0.619. The number of alkyl halides is 3. The second kappa shape index (κ2) is 9.81. The Labute approximate surface area is 185 Å². The van der Waals surface area contributed by atoms with Gasteiger partial charge in [0.05, 0.1) is 23.7 Å². The largest absolute Gasteiger partial charge is 0.461 e. The maximum Gasteiger partial charge on any atom is 0.461 e. The van der Waals surface area contributed by atoms with Crippen molar-refractivity contribution in [2.75, 3.05) is 22.7 Å². The van der Waals surface area contributed by atoms with Crippen LogP contribution in [-0.4, -0.2) is 40.9 Å². The van der Waals surface area contributed by atoms with Gasteiger partial charge in [0.1, 0.15) is 5.69 Å². The number of hydrogen-bond acceptors (Lipinski definition) is 10. The molecule has 2 heterocycles. The Hall–Kier alpha value is -2.41. The number of anilines is 2. The molecule has 13 heteroatoms. The second-order valence-corrected chi connectivity index (χ2v) is 8.70. The van der Waals surface area contributed by atoms with Crippen molar-refractivity contribution in [1.82, 2.24) is 10.2 Å². The van der Waals surface area contributed by atoms with E-state index in [0.717, 1.165) is 48.5 Å². The third-order valence-corrected chi connectivity index (χ3v) is 5.59. The van der Waals surface area contributed by atoms with E-state index in [1.54, 1.807) is 26.0 Å². The first-order valence-corrected chi connectivity index (χ1v) is 11.2. The first-order valence-electron chi connectivity index (χ1n) is 9.55. The number of benzene rings is 1. The molecule has 2 aromatic rings. The molecule has 1 N–H and O–H groups in total. The maximum atomic E-state index is 12.8. The van der Waals surface area contributed by atoms with Gasteiger partial charge in [-0.3, -0.25) is 0 Å². The number of nitrogens with zero attached hydrogens (tertiary/aromatic N) is 5. The van der Waals surface area contributed by atoms with E-state index in [-0.39, 0.29) is 39.6 Å². The Morgan fingerprint density at radius 1 is 1.35 bits per heavy atom. The third-order valence-electron chi connectivity index (χ3n) is 4.25. The highest BCUT2D eigenvalue weighted by atomic mass is 32.2. The Bertz CT molecular complexity index is 964. The molecule has 0 saturated heterocycles. The van der Waals surface area contributed by atoms with Gasteiger partial charge in [-0.05, 0) is 51.3 Å². The molecule has 0 spiro atoms. The third kappa shape index (κ3) is 6.29. The summed E-state index contributed by atoms with van der Waals surface area (Å²) in [7, 11) is 0. The van der Waals surface area contributed by atoms with Crippen molar-refractivity contribution in [3.8, 4) is 0 Å². The zero-order valence-corrected chi connectivity index (χ0v) is 18.7. The van der Waals surface area contributed by atoms with Crippen molar-refractivity contribution in [1.29, 1.82) is 0 Å². The van der Waals surface area contributed by atoms with E-state index in [2.05, 4.69) is 30.0 Å². The van der Waals surface area contributed by atoms with Gasteiger partial charge in [-0.1, -0.05) is 11.3 Å². The smallest absolute Gasteiger partial charge is 0.458 e. The topological polar surface area (TPSA) is 92.1 Å². The SMILES string of the molecule is CCN1CCCc2cc(N=Nc3nnc(C(=O)OC(C)C)s3)c(NSC(F)(F)F)cc21. The number of ether oxygens (including phenoxy) is 1. The van der Waals surface area contributed by atoms with Gasteiger partial charge in [0.15, 0.2) is 0 Å². The molecule has 0 atom stereocenters. The minimum atomic E-state index is -4.46. The Kier molecular flexibility index (Phi) is 7.36. The van der Waals surface area contributed by atoms with E-state index in [0.29, 0.717) is 0 Å². The van der Waals surface area contributed by atoms with Crippen LogP contribution in [0.1, 0.15) is 42.6 Å². The highest BCUT2D eigenvalue weighted by molar-refractivity contribution is 8.01. The summed E-state index contributed by atoms with van der Waals surface area (Å²) in [6.45, 7) is 7.01. The fraction of sp³-hybridized carbons (Fsp3) is 0.500. The molecule has 1 aromatic carbocycles. The molecule has 3 rings (SSSR count). The monoisotopic (exact) mass is 474 g/mol. The summed E-state index contributed by atoms with van der Waals surface area (Å²) >= 11 is 0.526. The van der Waals surface area contributed by atoms with E-state index in [1.165, 1.54) is 0 Å². The van der Waals surface area contributed by atoms with Gasteiger partial charge in [0, 0.05) is 18.8 Å². The highest BCUT2D eigenvalue weighted by Crippen LogP contribution is 2.41. The van der Waals surface area contributed by atoms with Gasteiger partial charge >= 0.3 is 11.5 Å². The molecule has 0 radical (unpaired) electrons. The number of nitrogens with one attached hydrogen (secondary N) is 1. The normalized spacial score (nSPS) is 14.2. The summed E-state index contributed by atoms with van der Waals surface area (Å²) < 4.78 is 45.6. The molecule has 1 aliphatic heterocycles. The number of halogens is 3. The minimum absolute atomic E-state index is 0.0256. The van der Waals surface area contributed by atoms with Crippen molar-refractivity contribution in [3.63, 3.8) is 0 Å². The fourth-order valence-corrected chi connectivity index (χ4v) is 3.94. The number of azo groups is 1. The quantitative estimate of drug-likeness (QED) is 0.305. The van der Waals surface area contributed by atoms with Crippen LogP contribution < -0.4 is 9.62 Å². The minimum Gasteiger partial charge on any atom is -0.458 e. The summed E-state index contributed by atoms with van der Waals surface area (Å²) in [5, 5.41) is 15.7. The summed E-state index contributed by atoms with van der Waals surface area (Å²) in [4.78, 5) is 14.0. The molecule has 0 saturated carbocycles. The van der Waals surface area contributed by atoms with Gasteiger partial charge in [-0.15, -0.1) is 20.4 Å². The molecule has 0 aliphatic carbocycles. The number of aryl methyl sites for hydroxylation is 1. The molecule has 168 valence electrons. The van der Waals surface area contributed by atoms with Crippen LogP contribution in [0.3, 0.4) is 0 Å². The van der Waals surface area contributed by atoms with Crippen LogP contribution in [0.15, 0.2) is 22.4 Å². The van der Waals surface area contributed by atoms with E-state index in [1.807, 2.05) is 6.92 Å². The number of rotatable bonds is 7. The summed E-state index contributed by atoms with van der Waals surface area (Å²) in [6, 6.07) is 3.39. The van der Waals surface area contributed by atoms with Crippen LogP contribution in [0.5, 0.6) is 0 Å². The summed E-state index contributed by atoms with van der Waals surface area (Å²) in [6.07, 6.45) is 1.43. The van der Waals surface area contributed by atoms with Crippen LogP contribution in [0.2, 0.25) is 0 Å². The van der Waals surface area contributed by atoms with E-state index in [9.17, 15) is 18.0 Å². The molecule has 1 aliphatic rings. The van der Waals surface area contributed by atoms with Crippen LogP contribution in [-0.2, 0) is 11.2 Å². The number of esters is 1. The number of fused-ring (bicyclic) bond motifs is 1. The maximum absolute atomic E-state index is 12.8. The molecule has 0 amide bonds. The average molecular weight is 475 g/mol. The van der Waals surface area contributed by atoms with Gasteiger partial charge < -0.3 is 14.4 Å². The van der Waals surface area contributed by atoms with Crippen molar-refractivity contribution >= 4 is 51.4 Å². The molecular weight excluding hydrogens is 453 g/mol. The second-order valence-electron chi connectivity index (χ2n) is 6.88. The Morgan fingerprint density at radius 2 is 2.13 bits per heavy atom. The number of carbonyl (C=O) groups excluding carboxylic acids is 1. The standard InChI is InChI=1S/C18H21F3N6O2S2/c1-4-27-7-5-6-11-8-12(13(9-14(11)27)26-31-18(19,20)21)22-24-17-25-23-15(30-17)16(28)29-10(2)3/h8-10,26H,4-7H2,1-3H3. The van der Waals surface area contributed by atoms with Crippen LogP contribution in [0.4, 0.5) is 35.4 Å². The first-order chi connectivity index (χ1) is 14.7. The molecular formula is C18H21F3N6O2S2. The number of carbonyl (C=O) groups is 1. The van der Waals surface area contributed by atoms with E-state index >= 15 is 0 Å². The van der Waals surface area contributed by atoms with E-state index < -0.39 is 11.5 Å². The summed E-state index contributed by atoms with van der Waals surface area (Å²) in [5.41, 5.74) is -2.15. The molecule has 0 bridgehead atoms. The Morgan fingerprint density at radius 3 is 2.81 bits per heavy atom. The van der Waals surface area contributed by atoms with Gasteiger partial charge in [-0.25, -0.2) is 4.79 Å². The van der Waals surface area contributed by atoms with Gasteiger partial charge in [0.2, 0.25) is 5.01 Å². The lowest BCUT2D eigenvalue weighted by molar-refractivity contribution is -0.0324. The van der Waals surface area contributed by atoms with Crippen LogP contribution >= 0.6 is 23.3 Å². The predicted octanol–water partition coefficient (Wildman–Crippen LogP) is 5.87. The van der Waals surface area contributed by atoms with Crippen molar-refractivity contribution in [2.24, 2.45) is 10.2 Å². The van der Waals surface area contributed by atoms with Crippen LogP contribution in [0.25, 0.3) is 0 Å².